The first-order chi connectivity index (χ1) is 7.34. The molecule has 0 aliphatic carbocycles. The molecule has 90 valence electrons. The average Bonchev–Trinajstić information content (AvgIpc) is 2.14. The predicted molar refractivity (Wildman–Crippen MR) is 58.4 cm³/mol. The Bertz CT molecular complexity index is 368. The molecule has 0 fully saturated rings. The Balaban J connectivity index is 2.86. The highest BCUT2D eigenvalue weighted by Gasteiger charge is 2.41. The topological polar surface area (TPSA) is 35.2 Å². The number of alkyl halides is 3. The zero-order chi connectivity index (χ0) is 12.3. The standard InChI is InChI=1S/C10H11BrF3NO/c1-6-2-3-8(7(11)4-6)16-9(5-15)10(12,13)14/h2-4,9H,5,15H2,1H3. The van der Waals surface area contributed by atoms with Gasteiger partial charge in [0.05, 0.1) is 4.47 Å². The lowest BCUT2D eigenvalue weighted by molar-refractivity contribution is -0.191. The molecule has 0 heterocycles. The molecular formula is C10H11BrF3NO. The van der Waals surface area contributed by atoms with E-state index in [-0.39, 0.29) is 5.75 Å². The molecule has 1 rings (SSSR count). The van der Waals surface area contributed by atoms with Gasteiger partial charge < -0.3 is 10.5 Å². The summed E-state index contributed by atoms with van der Waals surface area (Å²) in [6.07, 6.45) is -6.44. The van der Waals surface area contributed by atoms with Crippen molar-refractivity contribution in [3.63, 3.8) is 0 Å². The molecule has 1 aromatic carbocycles. The first-order valence-corrected chi connectivity index (χ1v) is 5.33. The lowest BCUT2D eigenvalue weighted by Gasteiger charge is -2.20. The summed E-state index contributed by atoms with van der Waals surface area (Å²) in [7, 11) is 0. The zero-order valence-corrected chi connectivity index (χ0v) is 10.1. The van der Waals surface area contributed by atoms with Crippen LogP contribution in [-0.2, 0) is 0 Å². The molecule has 2 N–H and O–H groups in total. The first kappa shape index (κ1) is 13.3. The van der Waals surface area contributed by atoms with Crippen LogP contribution in [0.2, 0.25) is 0 Å². The van der Waals surface area contributed by atoms with Crippen molar-refractivity contribution in [1.29, 1.82) is 0 Å². The molecule has 0 amide bonds. The molecule has 0 bridgehead atoms. The van der Waals surface area contributed by atoms with Crippen molar-refractivity contribution in [2.75, 3.05) is 6.54 Å². The molecule has 0 radical (unpaired) electrons. The summed E-state index contributed by atoms with van der Waals surface area (Å²) in [5, 5.41) is 0. The van der Waals surface area contributed by atoms with Crippen molar-refractivity contribution in [3.05, 3.63) is 28.2 Å². The summed E-state index contributed by atoms with van der Waals surface area (Å²) in [6.45, 7) is 1.22. The number of benzene rings is 1. The van der Waals surface area contributed by atoms with Crippen LogP contribution in [-0.4, -0.2) is 18.8 Å². The minimum Gasteiger partial charge on any atom is -0.478 e. The van der Waals surface area contributed by atoms with Gasteiger partial charge in [0.1, 0.15) is 5.75 Å². The summed E-state index contributed by atoms with van der Waals surface area (Å²) >= 11 is 3.14. The first-order valence-electron chi connectivity index (χ1n) is 4.54. The lowest BCUT2D eigenvalue weighted by Crippen LogP contribution is -2.40. The Morgan fingerprint density at radius 2 is 2.06 bits per heavy atom. The van der Waals surface area contributed by atoms with Gasteiger partial charge in [-0.15, -0.1) is 0 Å². The number of hydrogen-bond acceptors (Lipinski definition) is 2. The van der Waals surface area contributed by atoms with E-state index in [0.717, 1.165) is 5.56 Å². The quantitative estimate of drug-likeness (QED) is 0.931. The molecule has 1 unspecified atom stereocenters. The predicted octanol–water partition coefficient (Wildman–Crippen LogP) is 3.03. The third kappa shape index (κ3) is 3.38. The SMILES string of the molecule is Cc1ccc(OC(CN)C(F)(F)F)c(Br)c1. The van der Waals surface area contributed by atoms with Gasteiger partial charge in [0.25, 0.3) is 0 Å². The van der Waals surface area contributed by atoms with Crippen LogP contribution in [0.5, 0.6) is 5.75 Å². The molecule has 0 aliphatic heterocycles. The van der Waals surface area contributed by atoms with Gasteiger partial charge in [-0.25, -0.2) is 0 Å². The van der Waals surface area contributed by atoms with Gasteiger partial charge in [0.2, 0.25) is 6.10 Å². The van der Waals surface area contributed by atoms with Crippen molar-refractivity contribution in [3.8, 4) is 5.75 Å². The molecule has 0 aromatic heterocycles. The minimum atomic E-state index is -4.46. The Hall–Kier alpha value is -0.750. The Morgan fingerprint density at radius 1 is 1.44 bits per heavy atom. The van der Waals surface area contributed by atoms with Crippen LogP contribution in [0.1, 0.15) is 5.56 Å². The third-order valence-corrected chi connectivity index (χ3v) is 2.56. The molecule has 2 nitrogen and oxygen atoms in total. The molecular weight excluding hydrogens is 287 g/mol. The van der Waals surface area contributed by atoms with E-state index < -0.39 is 18.8 Å². The van der Waals surface area contributed by atoms with Crippen molar-refractivity contribution in [2.45, 2.75) is 19.2 Å². The minimum absolute atomic E-state index is 0.137. The van der Waals surface area contributed by atoms with Crippen molar-refractivity contribution in [2.24, 2.45) is 5.73 Å². The summed E-state index contributed by atoms with van der Waals surface area (Å²) in [5.74, 6) is 0.137. The molecule has 0 spiro atoms. The van der Waals surface area contributed by atoms with Crippen LogP contribution >= 0.6 is 15.9 Å². The number of hydrogen-bond donors (Lipinski definition) is 1. The Labute approximate surface area is 99.7 Å². The molecule has 0 saturated heterocycles. The van der Waals surface area contributed by atoms with Crippen LogP contribution < -0.4 is 10.5 Å². The smallest absolute Gasteiger partial charge is 0.426 e. The summed E-state index contributed by atoms with van der Waals surface area (Å²) in [5.41, 5.74) is 5.95. The second-order valence-corrected chi connectivity index (χ2v) is 4.17. The van der Waals surface area contributed by atoms with Crippen LogP contribution in [0.25, 0.3) is 0 Å². The molecule has 0 aliphatic rings. The third-order valence-electron chi connectivity index (χ3n) is 1.94. The Kier molecular flexibility index (Phi) is 4.21. The Morgan fingerprint density at radius 3 is 2.50 bits per heavy atom. The highest BCUT2D eigenvalue weighted by atomic mass is 79.9. The van der Waals surface area contributed by atoms with Gasteiger partial charge in [-0.3, -0.25) is 0 Å². The normalized spacial score (nSPS) is 13.6. The van der Waals surface area contributed by atoms with Gasteiger partial charge in [-0.2, -0.15) is 13.2 Å². The van der Waals surface area contributed by atoms with Gasteiger partial charge in [0.15, 0.2) is 0 Å². The highest BCUT2D eigenvalue weighted by Crippen LogP contribution is 2.30. The van der Waals surface area contributed by atoms with E-state index in [1.807, 2.05) is 6.92 Å². The molecule has 6 heteroatoms. The maximum Gasteiger partial charge on any atom is 0.426 e. The largest absolute Gasteiger partial charge is 0.478 e. The monoisotopic (exact) mass is 297 g/mol. The maximum absolute atomic E-state index is 12.4. The van der Waals surface area contributed by atoms with Crippen molar-refractivity contribution in [1.82, 2.24) is 0 Å². The van der Waals surface area contributed by atoms with E-state index in [4.69, 9.17) is 10.5 Å². The summed E-state index contributed by atoms with van der Waals surface area (Å²) < 4.78 is 42.5. The number of aryl methyl sites for hydroxylation is 1. The van der Waals surface area contributed by atoms with E-state index >= 15 is 0 Å². The van der Waals surface area contributed by atoms with Gasteiger partial charge in [0, 0.05) is 6.54 Å². The summed E-state index contributed by atoms with van der Waals surface area (Å²) in [4.78, 5) is 0. The van der Waals surface area contributed by atoms with E-state index in [0.29, 0.717) is 4.47 Å². The van der Waals surface area contributed by atoms with Crippen molar-refractivity contribution >= 4 is 15.9 Å². The number of nitrogens with two attached hydrogens (primary N) is 1. The average molecular weight is 298 g/mol. The second kappa shape index (κ2) is 5.05. The summed E-state index contributed by atoms with van der Waals surface area (Å²) in [6, 6.07) is 4.83. The second-order valence-electron chi connectivity index (χ2n) is 3.32. The molecule has 1 aromatic rings. The van der Waals surface area contributed by atoms with E-state index in [1.54, 1.807) is 12.1 Å². The molecule has 1 atom stereocenters. The number of rotatable bonds is 3. The van der Waals surface area contributed by atoms with Crippen LogP contribution in [0.15, 0.2) is 22.7 Å². The van der Waals surface area contributed by atoms with Gasteiger partial charge in [-0.05, 0) is 40.5 Å². The molecule has 0 saturated carbocycles. The highest BCUT2D eigenvalue weighted by molar-refractivity contribution is 9.10. The van der Waals surface area contributed by atoms with E-state index in [1.165, 1.54) is 6.07 Å². The van der Waals surface area contributed by atoms with Crippen LogP contribution in [0.3, 0.4) is 0 Å². The fraction of sp³-hybridized carbons (Fsp3) is 0.400. The van der Waals surface area contributed by atoms with E-state index in [9.17, 15) is 13.2 Å². The fourth-order valence-electron chi connectivity index (χ4n) is 1.10. The maximum atomic E-state index is 12.4. The molecule has 16 heavy (non-hydrogen) atoms. The van der Waals surface area contributed by atoms with Crippen LogP contribution in [0.4, 0.5) is 13.2 Å². The number of ether oxygens (including phenoxy) is 1. The number of halogens is 4. The van der Waals surface area contributed by atoms with Crippen LogP contribution in [0, 0.1) is 6.92 Å². The lowest BCUT2D eigenvalue weighted by atomic mass is 10.2. The fourth-order valence-corrected chi connectivity index (χ4v) is 1.69. The zero-order valence-electron chi connectivity index (χ0n) is 8.51. The van der Waals surface area contributed by atoms with E-state index in [2.05, 4.69) is 15.9 Å². The van der Waals surface area contributed by atoms with Gasteiger partial charge in [-0.1, -0.05) is 6.07 Å². The van der Waals surface area contributed by atoms with Crippen molar-refractivity contribution < 1.29 is 17.9 Å². The van der Waals surface area contributed by atoms with Gasteiger partial charge >= 0.3 is 6.18 Å².